The van der Waals surface area contributed by atoms with Crippen molar-refractivity contribution in [1.29, 1.82) is 0 Å². The van der Waals surface area contributed by atoms with Crippen molar-refractivity contribution >= 4 is 7.32 Å². The van der Waals surface area contributed by atoms with Crippen molar-refractivity contribution in [2.24, 2.45) is 0 Å². The van der Waals surface area contributed by atoms with Crippen LogP contribution in [0.25, 0.3) is 0 Å². The molecule has 0 fully saturated rings. The van der Waals surface area contributed by atoms with Gasteiger partial charge in [0.1, 0.15) is 34.5 Å². The van der Waals surface area contributed by atoms with Crippen LogP contribution in [0.5, 0.6) is 34.5 Å². The number of benzene rings is 3. The van der Waals surface area contributed by atoms with Crippen molar-refractivity contribution < 1.29 is 28.2 Å². The molecule has 0 N–H and O–H groups in total. The van der Waals surface area contributed by atoms with E-state index >= 15 is 0 Å². The van der Waals surface area contributed by atoms with E-state index in [1.54, 1.807) is 57.7 Å². The van der Waals surface area contributed by atoms with Gasteiger partial charge >= 0.3 is 7.32 Å². The van der Waals surface area contributed by atoms with Crippen LogP contribution < -0.4 is 28.2 Å². The molecule has 6 nitrogen and oxygen atoms in total. The Morgan fingerprint density at radius 2 is 0.750 bits per heavy atom. The van der Waals surface area contributed by atoms with E-state index < -0.39 is 7.32 Å². The first-order chi connectivity index (χ1) is 13.7. The van der Waals surface area contributed by atoms with Crippen molar-refractivity contribution in [3.8, 4) is 34.5 Å². The third kappa shape index (κ3) is 5.26. The van der Waals surface area contributed by atoms with Crippen molar-refractivity contribution in [2.45, 2.75) is 0 Å². The van der Waals surface area contributed by atoms with Crippen LogP contribution in [0.3, 0.4) is 0 Å². The Hall–Kier alpha value is -3.48. The highest BCUT2D eigenvalue weighted by Crippen LogP contribution is 2.25. The summed E-state index contributed by atoms with van der Waals surface area (Å²) in [6.45, 7) is 0. The van der Waals surface area contributed by atoms with Gasteiger partial charge in [-0.2, -0.15) is 0 Å². The predicted molar refractivity (Wildman–Crippen MR) is 107 cm³/mol. The molecule has 3 aromatic rings. The first-order valence-corrected chi connectivity index (χ1v) is 8.62. The van der Waals surface area contributed by atoms with Gasteiger partial charge in [-0.1, -0.05) is 18.2 Å². The Bertz CT molecular complexity index is 784. The molecule has 0 atom stereocenters. The number of rotatable bonds is 9. The lowest BCUT2D eigenvalue weighted by Crippen LogP contribution is -2.37. The van der Waals surface area contributed by atoms with Gasteiger partial charge in [0.2, 0.25) is 0 Å². The van der Waals surface area contributed by atoms with Crippen LogP contribution in [-0.4, -0.2) is 28.7 Å². The molecule has 7 heteroatoms. The molecule has 0 aliphatic carbocycles. The molecule has 0 saturated heterocycles. The highest BCUT2D eigenvalue weighted by atomic mass is 16.7. The first kappa shape index (κ1) is 19.3. The van der Waals surface area contributed by atoms with E-state index in [0.29, 0.717) is 34.5 Å². The van der Waals surface area contributed by atoms with Crippen LogP contribution in [-0.2, 0) is 0 Å². The van der Waals surface area contributed by atoms with Gasteiger partial charge in [0.25, 0.3) is 0 Å². The summed E-state index contributed by atoms with van der Waals surface area (Å²) in [4.78, 5) is 0. The maximum absolute atomic E-state index is 5.91. The molecule has 0 heterocycles. The van der Waals surface area contributed by atoms with Crippen molar-refractivity contribution in [2.75, 3.05) is 21.3 Å². The lowest BCUT2D eigenvalue weighted by Gasteiger charge is -2.17. The van der Waals surface area contributed by atoms with Gasteiger partial charge in [-0.25, -0.2) is 0 Å². The summed E-state index contributed by atoms with van der Waals surface area (Å²) in [7, 11) is 3.73. The fourth-order valence-electron chi connectivity index (χ4n) is 2.43. The zero-order valence-corrected chi connectivity index (χ0v) is 16.0. The van der Waals surface area contributed by atoms with Crippen LogP contribution in [0.15, 0.2) is 72.8 Å². The average Bonchev–Trinajstić information content (AvgIpc) is 2.74. The lowest BCUT2D eigenvalue weighted by atomic mass is 10.2. The van der Waals surface area contributed by atoms with Gasteiger partial charge in [-0.05, 0) is 36.4 Å². The second-order valence-corrected chi connectivity index (χ2v) is 5.68. The van der Waals surface area contributed by atoms with Gasteiger partial charge in [-0.3, -0.25) is 0 Å². The maximum atomic E-state index is 5.91. The molecular formula is C21H21BO6. The molecule has 0 saturated carbocycles. The molecule has 3 aromatic carbocycles. The highest BCUT2D eigenvalue weighted by molar-refractivity contribution is 6.39. The van der Waals surface area contributed by atoms with Gasteiger partial charge in [0.05, 0.1) is 21.3 Å². The van der Waals surface area contributed by atoms with E-state index in [4.69, 9.17) is 28.2 Å². The summed E-state index contributed by atoms with van der Waals surface area (Å²) in [5.74, 6) is 3.61. The summed E-state index contributed by atoms with van der Waals surface area (Å²) >= 11 is 0. The second-order valence-electron chi connectivity index (χ2n) is 5.68. The molecule has 0 aromatic heterocycles. The molecule has 0 aliphatic rings. The summed E-state index contributed by atoms with van der Waals surface area (Å²) in [6.07, 6.45) is 0. The number of hydrogen-bond donors (Lipinski definition) is 0. The van der Waals surface area contributed by atoms with Crippen LogP contribution in [0.2, 0.25) is 0 Å². The summed E-state index contributed by atoms with van der Waals surface area (Å²) in [6, 6.07) is 21.6. The standard InChI is InChI=1S/C21H21BO6/c1-23-16-7-4-10-19(13-16)26-22(27-20-11-5-8-17(14-20)24-2)28-21-12-6-9-18(15-21)25-3/h4-15H,1-3H3. The Kier molecular flexibility index (Phi) is 6.52. The van der Waals surface area contributed by atoms with E-state index in [2.05, 4.69) is 0 Å². The Balaban J connectivity index is 1.83. The van der Waals surface area contributed by atoms with E-state index in [9.17, 15) is 0 Å². The van der Waals surface area contributed by atoms with E-state index in [-0.39, 0.29) is 0 Å². The zero-order chi connectivity index (χ0) is 19.8. The van der Waals surface area contributed by atoms with Crippen molar-refractivity contribution in [1.82, 2.24) is 0 Å². The van der Waals surface area contributed by atoms with E-state index in [1.165, 1.54) is 0 Å². The molecule has 0 spiro atoms. The fraction of sp³-hybridized carbons (Fsp3) is 0.143. The van der Waals surface area contributed by atoms with Crippen LogP contribution in [0.1, 0.15) is 0 Å². The highest BCUT2D eigenvalue weighted by Gasteiger charge is 2.30. The van der Waals surface area contributed by atoms with Gasteiger partial charge in [-0.15, -0.1) is 0 Å². The van der Waals surface area contributed by atoms with E-state index in [1.807, 2.05) is 36.4 Å². The molecule has 0 radical (unpaired) electrons. The normalized spacial score (nSPS) is 9.96. The maximum Gasteiger partial charge on any atom is 0.864 e. The van der Waals surface area contributed by atoms with Gasteiger partial charge in [0, 0.05) is 18.2 Å². The third-order valence-corrected chi connectivity index (χ3v) is 3.82. The minimum absolute atomic E-state index is 0.537. The summed E-state index contributed by atoms with van der Waals surface area (Å²) < 4.78 is 33.4. The first-order valence-electron chi connectivity index (χ1n) is 8.62. The van der Waals surface area contributed by atoms with Crippen molar-refractivity contribution in [3.05, 3.63) is 72.8 Å². The van der Waals surface area contributed by atoms with Crippen LogP contribution in [0.4, 0.5) is 0 Å². The topological polar surface area (TPSA) is 55.4 Å². The smallest absolute Gasteiger partial charge is 0.497 e. The monoisotopic (exact) mass is 380 g/mol. The average molecular weight is 380 g/mol. The zero-order valence-electron chi connectivity index (χ0n) is 16.0. The second kappa shape index (κ2) is 9.46. The Labute approximate surface area is 164 Å². The largest absolute Gasteiger partial charge is 0.864 e. The molecule has 28 heavy (non-hydrogen) atoms. The Morgan fingerprint density at radius 3 is 1.04 bits per heavy atom. The summed E-state index contributed by atoms with van der Waals surface area (Å²) in [5, 5.41) is 0. The number of ether oxygens (including phenoxy) is 3. The van der Waals surface area contributed by atoms with Crippen LogP contribution >= 0.6 is 0 Å². The third-order valence-electron chi connectivity index (χ3n) is 3.82. The van der Waals surface area contributed by atoms with Gasteiger partial charge in [0.15, 0.2) is 0 Å². The quantitative estimate of drug-likeness (QED) is 0.518. The molecule has 0 amide bonds. The minimum Gasteiger partial charge on any atom is -0.497 e. The number of methoxy groups -OCH3 is 3. The molecule has 0 bridgehead atoms. The minimum atomic E-state index is -1.05. The SMILES string of the molecule is COc1cccc(OB(Oc2cccc(OC)c2)Oc2cccc(OC)c2)c1. The molecule has 0 unspecified atom stereocenters. The van der Waals surface area contributed by atoms with Crippen molar-refractivity contribution in [3.63, 3.8) is 0 Å². The summed E-state index contributed by atoms with van der Waals surface area (Å²) in [5.41, 5.74) is 0. The van der Waals surface area contributed by atoms with E-state index in [0.717, 1.165) is 0 Å². The Morgan fingerprint density at radius 1 is 0.464 bits per heavy atom. The molecule has 3 rings (SSSR count). The lowest BCUT2D eigenvalue weighted by molar-refractivity contribution is 0.304. The molecule has 144 valence electrons. The molecule has 0 aliphatic heterocycles. The van der Waals surface area contributed by atoms with Crippen LogP contribution in [0, 0.1) is 0 Å². The van der Waals surface area contributed by atoms with Gasteiger partial charge < -0.3 is 28.2 Å². The molecular weight excluding hydrogens is 359 g/mol. The predicted octanol–water partition coefficient (Wildman–Crippen LogP) is 4.23. The fourth-order valence-corrected chi connectivity index (χ4v) is 2.43. The number of hydrogen-bond acceptors (Lipinski definition) is 6.